The molecule has 0 atom stereocenters. The predicted molar refractivity (Wildman–Crippen MR) is 99.2 cm³/mol. The van der Waals surface area contributed by atoms with Crippen LogP contribution in [0.4, 0.5) is 4.79 Å². The Hall–Kier alpha value is -2.30. The molecule has 5 heteroatoms. The average molecular weight is 344 g/mol. The van der Waals surface area contributed by atoms with Crippen molar-refractivity contribution in [1.29, 1.82) is 0 Å². The Labute approximate surface area is 150 Å². The number of nitrogens with zero attached hydrogens (tertiary/aromatic N) is 1. The van der Waals surface area contributed by atoms with Gasteiger partial charge in [0.2, 0.25) is 5.91 Å². The molecular formula is C20H28N2O3. The molecule has 1 N–H and O–H groups in total. The van der Waals surface area contributed by atoms with Gasteiger partial charge in [0.15, 0.2) is 0 Å². The van der Waals surface area contributed by atoms with Crippen LogP contribution < -0.4 is 5.32 Å². The summed E-state index contributed by atoms with van der Waals surface area (Å²) in [6.07, 6.45) is 4.58. The van der Waals surface area contributed by atoms with E-state index in [0.717, 1.165) is 24.0 Å². The average Bonchev–Trinajstić information content (AvgIpc) is 2.52. The van der Waals surface area contributed by atoms with Gasteiger partial charge in [-0.3, -0.25) is 4.79 Å². The normalized spacial score (nSPS) is 16.1. The molecule has 1 aliphatic rings. The zero-order valence-electron chi connectivity index (χ0n) is 15.5. The molecule has 25 heavy (non-hydrogen) atoms. The summed E-state index contributed by atoms with van der Waals surface area (Å²) in [4.78, 5) is 25.8. The van der Waals surface area contributed by atoms with E-state index in [2.05, 4.69) is 5.32 Å². The lowest BCUT2D eigenvalue weighted by molar-refractivity contribution is -0.117. The van der Waals surface area contributed by atoms with Crippen molar-refractivity contribution >= 4 is 18.1 Å². The highest BCUT2D eigenvalue weighted by Gasteiger charge is 2.27. The number of benzene rings is 1. The van der Waals surface area contributed by atoms with Crippen LogP contribution in [0.5, 0.6) is 0 Å². The molecule has 1 saturated heterocycles. The fraction of sp³-hybridized carbons (Fsp3) is 0.500. The molecule has 0 aliphatic carbocycles. The molecule has 1 aromatic carbocycles. The minimum absolute atomic E-state index is 0.0911. The fourth-order valence-electron chi connectivity index (χ4n) is 2.73. The van der Waals surface area contributed by atoms with Gasteiger partial charge >= 0.3 is 6.09 Å². The molecule has 1 aliphatic heterocycles. The number of likely N-dealkylation sites (tertiary alicyclic amines) is 1. The second kappa shape index (κ2) is 8.19. The van der Waals surface area contributed by atoms with Gasteiger partial charge < -0.3 is 15.0 Å². The summed E-state index contributed by atoms with van der Waals surface area (Å²) in [5.74, 6) is -0.0998. The topological polar surface area (TPSA) is 58.6 Å². The fourth-order valence-corrected chi connectivity index (χ4v) is 2.73. The highest BCUT2D eigenvalue weighted by atomic mass is 16.6. The molecule has 1 fully saturated rings. The van der Waals surface area contributed by atoms with E-state index < -0.39 is 5.60 Å². The van der Waals surface area contributed by atoms with Gasteiger partial charge in [-0.15, -0.1) is 0 Å². The summed E-state index contributed by atoms with van der Waals surface area (Å²) < 4.78 is 5.38. The second-order valence-corrected chi connectivity index (χ2v) is 7.50. The van der Waals surface area contributed by atoms with Gasteiger partial charge in [0, 0.05) is 25.2 Å². The molecule has 0 saturated carbocycles. The SMILES string of the molecule is Cc1cccc(C=CC(=O)NC2CCN(C(=O)OC(C)(C)C)CC2)c1. The minimum atomic E-state index is -0.483. The first-order valence-electron chi connectivity index (χ1n) is 8.76. The molecule has 2 rings (SSSR count). The number of nitrogens with one attached hydrogen (secondary N) is 1. The first-order valence-corrected chi connectivity index (χ1v) is 8.76. The van der Waals surface area contributed by atoms with Crippen molar-refractivity contribution in [2.24, 2.45) is 0 Å². The zero-order chi connectivity index (χ0) is 18.4. The molecule has 1 aromatic rings. The van der Waals surface area contributed by atoms with Gasteiger partial charge in [0.05, 0.1) is 0 Å². The molecule has 5 nitrogen and oxygen atoms in total. The van der Waals surface area contributed by atoms with Crippen LogP contribution in [-0.4, -0.2) is 41.6 Å². The number of hydrogen-bond donors (Lipinski definition) is 1. The number of aryl methyl sites for hydroxylation is 1. The van der Waals surface area contributed by atoms with E-state index in [4.69, 9.17) is 4.74 Å². The van der Waals surface area contributed by atoms with Crippen molar-refractivity contribution < 1.29 is 14.3 Å². The maximum atomic E-state index is 12.1. The van der Waals surface area contributed by atoms with Gasteiger partial charge in [-0.2, -0.15) is 0 Å². The third-order valence-corrected chi connectivity index (χ3v) is 3.96. The van der Waals surface area contributed by atoms with Crippen molar-refractivity contribution in [3.8, 4) is 0 Å². The van der Waals surface area contributed by atoms with Gasteiger partial charge in [0.1, 0.15) is 5.60 Å². The van der Waals surface area contributed by atoms with Gasteiger partial charge in [-0.1, -0.05) is 29.8 Å². The van der Waals surface area contributed by atoms with Crippen LogP contribution in [0.2, 0.25) is 0 Å². The Morgan fingerprint density at radius 1 is 1.24 bits per heavy atom. The number of amides is 2. The summed E-state index contributed by atoms with van der Waals surface area (Å²) in [5.41, 5.74) is 1.69. The van der Waals surface area contributed by atoms with E-state index in [1.54, 1.807) is 11.0 Å². The number of carbonyl (C=O) groups excluding carboxylic acids is 2. The first-order chi connectivity index (χ1) is 11.7. The van der Waals surface area contributed by atoms with Crippen LogP contribution in [-0.2, 0) is 9.53 Å². The van der Waals surface area contributed by atoms with Crippen LogP contribution in [0, 0.1) is 6.92 Å². The van der Waals surface area contributed by atoms with E-state index in [1.807, 2.05) is 58.0 Å². The van der Waals surface area contributed by atoms with E-state index in [0.29, 0.717) is 13.1 Å². The number of ether oxygens (including phenoxy) is 1. The summed E-state index contributed by atoms with van der Waals surface area (Å²) in [7, 11) is 0. The summed E-state index contributed by atoms with van der Waals surface area (Å²) in [6, 6.07) is 8.09. The van der Waals surface area contributed by atoms with Crippen molar-refractivity contribution in [1.82, 2.24) is 10.2 Å². The summed E-state index contributed by atoms with van der Waals surface area (Å²) in [6.45, 7) is 8.80. The molecule has 1 heterocycles. The number of carbonyl (C=O) groups is 2. The maximum Gasteiger partial charge on any atom is 0.410 e. The molecule has 136 valence electrons. The second-order valence-electron chi connectivity index (χ2n) is 7.50. The maximum absolute atomic E-state index is 12.1. The zero-order valence-corrected chi connectivity index (χ0v) is 15.5. The lowest BCUT2D eigenvalue weighted by Gasteiger charge is -2.33. The monoisotopic (exact) mass is 344 g/mol. The van der Waals surface area contributed by atoms with E-state index in [1.165, 1.54) is 0 Å². The van der Waals surface area contributed by atoms with Crippen LogP contribution in [0.3, 0.4) is 0 Å². The molecule has 0 radical (unpaired) electrons. The van der Waals surface area contributed by atoms with Crippen molar-refractivity contribution in [3.05, 3.63) is 41.5 Å². The molecule has 0 aromatic heterocycles. The van der Waals surface area contributed by atoms with Crippen LogP contribution in [0.1, 0.15) is 44.7 Å². The third kappa shape index (κ3) is 6.61. The lowest BCUT2D eigenvalue weighted by atomic mass is 10.1. The Kier molecular flexibility index (Phi) is 6.23. The number of piperidine rings is 1. The molecule has 0 unspecified atom stereocenters. The predicted octanol–water partition coefficient (Wildman–Crippen LogP) is 3.52. The Morgan fingerprint density at radius 2 is 1.92 bits per heavy atom. The number of hydrogen-bond acceptors (Lipinski definition) is 3. The highest BCUT2D eigenvalue weighted by molar-refractivity contribution is 5.91. The summed E-state index contributed by atoms with van der Waals surface area (Å²) in [5, 5.41) is 3.01. The Morgan fingerprint density at radius 3 is 2.52 bits per heavy atom. The van der Waals surface area contributed by atoms with Crippen LogP contribution in [0.15, 0.2) is 30.3 Å². The van der Waals surface area contributed by atoms with Crippen molar-refractivity contribution in [3.63, 3.8) is 0 Å². The van der Waals surface area contributed by atoms with Gasteiger partial charge in [0.25, 0.3) is 0 Å². The van der Waals surface area contributed by atoms with Crippen molar-refractivity contribution in [2.75, 3.05) is 13.1 Å². The molecule has 0 bridgehead atoms. The van der Waals surface area contributed by atoms with Gasteiger partial charge in [-0.25, -0.2) is 4.79 Å². The quantitative estimate of drug-likeness (QED) is 0.854. The standard InChI is InChI=1S/C20H28N2O3/c1-15-6-5-7-16(14-15)8-9-18(23)21-17-10-12-22(13-11-17)19(24)25-20(2,3)4/h5-9,14,17H,10-13H2,1-4H3,(H,21,23). The first kappa shape index (κ1) is 19.0. The molecule has 0 spiro atoms. The van der Waals surface area contributed by atoms with E-state index in [9.17, 15) is 9.59 Å². The van der Waals surface area contributed by atoms with Crippen LogP contribution >= 0.6 is 0 Å². The minimum Gasteiger partial charge on any atom is -0.444 e. The highest BCUT2D eigenvalue weighted by Crippen LogP contribution is 2.15. The van der Waals surface area contributed by atoms with Gasteiger partial charge in [-0.05, 0) is 52.2 Å². The van der Waals surface area contributed by atoms with Crippen molar-refractivity contribution in [2.45, 2.75) is 52.2 Å². The lowest BCUT2D eigenvalue weighted by Crippen LogP contribution is -2.47. The Bertz CT molecular complexity index is 639. The number of rotatable bonds is 3. The van der Waals surface area contributed by atoms with E-state index >= 15 is 0 Å². The summed E-state index contributed by atoms with van der Waals surface area (Å²) >= 11 is 0. The third-order valence-electron chi connectivity index (χ3n) is 3.96. The van der Waals surface area contributed by atoms with E-state index in [-0.39, 0.29) is 18.0 Å². The van der Waals surface area contributed by atoms with Crippen LogP contribution in [0.25, 0.3) is 6.08 Å². The smallest absolute Gasteiger partial charge is 0.410 e. The Balaban J connectivity index is 1.78. The molecule has 2 amide bonds. The largest absolute Gasteiger partial charge is 0.444 e. The molecular weight excluding hydrogens is 316 g/mol.